The summed E-state index contributed by atoms with van der Waals surface area (Å²) in [6.45, 7) is 5.37. The molecule has 0 radical (unpaired) electrons. The molecule has 0 bridgehead atoms. The molecule has 0 aromatic heterocycles. The Bertz CT molecular complexity index is 178. The summed E-state index contributed by atoms with van der Waals surface area (Å²) in [6.07, 6.45) is 3.09. The molecule has 1 saturated carbocycles. The molecule has 90 valence electrons. The molecule has 0 aromatic rings. The first-order chi connectivity index (χ1) is 7.06. The van der Waals surface area contributed by atoms with Crippen LogP contribution < -0.4 is 5.32 Å². The SMILES string of the molecule is COC(C)C(C)NCC(C1CC1)N(C)C. The summed E-state index contributed by atoms with van der Waals surface area (Å²) in [7, 11) is 6.12. The predicted molar refractivity (Wildman–Crippen MR) is 64.1 cm³/mol. The molecule has 1 aliphatic carbocycles. The lowest BCUT2D eigenvalue weighted by Crippen LogP contribution is -2.45. The number of methoxy groups -OCH3 is 1. The van der Waals surface area contributed by atoms with Crippen molar-refractivity contribution in [3.05, 3.63) is 0 Å². The van der Waals surface area contributed by atoms with Crippen LogP contribution in [0.25, 0.3) is 0 Å². The van der Waals surface area contributed by atoms with Gasteiger partial charge in [0.2, 0.25) is 0 Å². The van der Waals surface area contributed by atoms with Crippen LogP contribution in [-0.2, 0) is 4.74 Å². The fourth-order valence-electron chi connectivity index (χ4n) is 1.93. The Hall–Kier alpha value is -0.120. The third-order valence-corrected chi connectivity index (χ3v) is 3.55. The Morgan fingerprint density at radius 3 is 2.33 bits per heavy atom. The number of rotatable bonds is 7. The highest BCUT2D eigenvalue weighted by Crippen LogP contribution is 2.34. The smallest absolute Gasteiger partial charge is 0.0693 e. The Kier molecular flexibility index (Phi) is 5.03. The molecule has 0 amide bonds. The predicted octanol–water partition coefficient (Wildman–Crippen LogP) is 1.34. The average Bonchev–Trinajstić information content (AvgIpc) is 3.00. The van der Waals surface area contributed by atoms with Crippen LogP contribution >= 0.6 is 0 Å². The maximum atomic E-state index is 5.30. The highest BCUT2D eigenvalue weighted by Gasteiger charge is 2.32. The van der Waals surface area contributed by atoms with Gasteiger partial charge in [0.25, 0.3) is 0 Å². The summed E-state index contributed by atoms with van der Waals surface area (Å²) in [4.78, 5) is 2.34. The highest BCUT2D eigenvalue weighted by atomic mass is 16.5. The van der Waals surface area contributed by atoms with Crippen molar-refractivity contribution >= 4 is 0 Å². The minimum atomic E-state index is 0.284. The van der Waals surface area contributed by atoms with E-state index in [2.05, 4.69) is 38.2 Å². The molecule has 0 saturated heterocycles. The van der Waals surface area contributed by atoms with Gasteiger partial charge >= 0.3 is 0 Å². The van der Waals surface area contributed by atoms with E-state index >= 15 is 0 Å². The number of nitrogens with one attached hydrogen (secondary N) is 1. The molecular formula is C12H26N2O. The van der Waals surface area contributed by atoms with Crippen LogP contribution in [-0.4, -0.2) is 50.8 Å². The van der Waals surface area contributed by atoms with Gasteiger partial charge in [-0.25, -0.2) is 0 Å². The molecule has 0 spiro atoms. The van der Waals surface area contributed by atoms with Gasteiger partial charge in [0.1, 0.15) is 0 Å². The van der Waals surface area contributed by atoms with Crippen molar-refractivity contribution in [2.75, 3.05) is 27.7 Å². The van der Waals surface area contributed by atoms with Gasteiger partial charge in [-0.05, 0) is 46.7 Å². The number of nitrogens with zero attached hydrogens (tertiary/aromatic N) is 1. The van der Waals surface area contributed by atoms with Crippen molar-refractivity contribution < 1.29 is 4.74 Å². The molecule has 0 heterocycles. The van der Waals surface area contributed by atoms with Gasteiger partial charge in [-0.3, -0.25) is 0 Å². The van der Waals surface area contributed by atoms with E-state index in [1.165, 1.54) is 12.8 Å². The van der Waals surface area contributed by atoms with Crippen molar-refractivity contribution in [3.63, 3.8) is 0 Å². The third-order valence-electron chi connectivity index (χ3n) is 3.55. The Morgan fingerprint density at radius 1 is 1.33 bits per heavy atom. The fraction of sp³-hybridized carbons (Fsp3) is 1.00. The second kappa shape index (κ2) is 5.83. The summed E-state index contributed by atoms with van der Waals surface area (Å²) in [6, 6.07) is 1.12. The fourth-order valence-corrected chi connectivity index (χ4v) is 1.93. The van der Waals surface area contributed by atoms with Gasteiger partial charge in [-0.15, -0.1) is 0 Å². The standard InChI is InChI=1S/C12H26N2O/c1-9(10(2)15-5)13-8-12(14(3)4)11-6-7-11/h9-13H,6-8H2,1-5H3. The van der Waals surface area contributed by atoms with E-state index in [0.717, 1.165) is 12.5 Å². The molecule has 1 aliphatic rings. The molecule has 15 heavy (non-hydrogen) atoms. The van der Waals surface area contributed by atoms with E-state index in [-0.39, 0.29) is 6.10 Å². The van der Waals surface area contributed by atoms with E-state index in [9.17, 15) is 0 Å². The Labute approximate surface area is 94.2 Å². The van der Waals surface area contributed by atoms with E-state index < -0.39 is 0 Å². The number of likely N-dealkylation sites (N-methyl/N-ethyl adjacent to an activating group) is 1. The summed E-state index contributed by atoms with van der Waals surface area (Å²) in [5.41, 5.74) is 0. The molecule has 1 fully saturated rings. The van der Waals surface area contributed by atoms with Crippen LogP contribution in [0.15, 0.2) is 0 Å². The highest BCUT2D eigenvalue weighted by molar-refractivity contribution is 4.88. The molecule has 3 unspecified atom stereocenters. The molecule has 3 atom stereocenters. The molecule has 3 nitrogen and oxygen atoms in total. The number of hydrogen-bond donors (Lipinski definition) is 1. The van der Waals surface area contributed by atoms with Gasteiger partial charge in [-0.2, -0.15) is 0 Å². The zero-order valence-corrected chi connectivity index (χ0v) is 10.8. The van der Waals surface area contributed by atoms with Crippen LogP contribution in [0.4, 0.5) is 0 Å². The third kappa shape index (κ3) is 4.09. The number of ether oxygens (including phenoxy) is 1. The summed E-state index contributed by atoms with van der Waals surface area (Å²) in [5, 5.41) is 3.57. The average molecular weight is 214 g/mol. The molecule has 0 aromatic carbocycles. The Morgan fingerprint density at radius 2 is 1.93 bits per heavy atom. The van der Waals surface area contributed by atoms with Crippen molar-refractivity contribution in [1.82, 2.24) is 10.2 Å². The maximum absolute atomic E-state index is 5.30. The van der Waals surface area contributed by atoms with Crippen LogP contribution in [0.2, 0.25) is 0 Å². The van der Waals surface area contributed by atoms with Crippen LogP contribution in [0.5, 0.6) is 0 Å². The van der Waals surface area contributed by atoms with Crippen LogP contribution in [0, 0.1) is 5.92 Å². The van der Waals surface area contributed by atoms with Gasteiger partial charge in [0, 0.05) is 25.7 Å². The summed E-state index contributed by atoms with van der Waals surface area (Å²) >= 11 is 0. The zero-order valence-electron chi connectivity index (χ0n) is 10.8. The van der Waals surface area contributed by atoms with Gasteiger partial charge in [0.05, 0.1) is 6.10 Å². The summed E-state index contributed by atoms with van der Waals surface area (Å²) in [5.74, 6) is 0.914. The molecule has 1 N–H and O–H groups in total. The lowest BCUT2D eigenvalue weighted by molar-refractivity contribution is 0.0852. The topological polar surface area (TPSA) is 24.5 Å². The van der Waals surface area contributed by atoms with Gasteiger partial charge in [-0.1, -0.05) is 0 Å². The first-order valence-corrected chi connectivity index (χ1v) is 5.98. The van der Waals surface area contributed by atoms with Crippen LogP contribution in [0.3, 0.4) is 0 Å². The quantitative estimate of drug-likeness (QED) is 0.692. The number of hydrogen-bond acceptors (Lipinski definition) is 3. The van der Waals surface area contributed by atoms with E-state index in [4.69, 9.17) is 4.74 Å². The molecule has 3 heteroatoms. The lowest BCUT2D eigenvalue weighted by atomic mass is 10.1. The van der Waals surface area contributed by atoms with E-state index in [1.54, 1.807) is 7.11 Å². The van der Waals surface area contributed by atoms with E-state index in [1.807, 2.05) is 0 Å². The second-order valence-corrected chi connectivity index (χ2v) is 5.01. The van der Waals surface area contributed by atoms with Crippen molar-refractivity contribution in [2.45, 2.75) is 44.9 Å². The molecule has 0 aliphatic heterocycles. The maximum Gasteiger partial charge on any atom is 0.0693 e. The first-order valence-electron chi connectivity index (χ1n) is 5.98. The normalized spacial score (nSPS) is 22.8. The largest absolute Gasteiger partial charge is 0.380 e. The molecular weight excluding hydrogens is 188 g/mol. The lowest BCUT2D eigenvalue weighted by Gasteiger charge is -2.28. The van der Waals surface area contributed by atoms with E-state index in [0.29, 0.717) is 12.1 Å². The van der Waals surface area contributed by atoms with Crippen molar-refractivity contribution in [3.8, 4) is 0 Å². The minimum absolute atomic E-state index is 0.284. The zero-order chi connectivity index (χ0) is 11.4. The Balaban J connectivity index is 2.26. The minimum Gasteiger partial charge on any atom is -0.380 e. The van der Waals surface area contributed by atoms with Crippen molar-refractivity contribution in [1.29, 1.82) is 0 Å². The van der Waals surface area contributed by atoms with Crippen LogP contribution in [0.1, 0.15) is 26.7 Å². The summed E-state index contributed by atoms with van der Waals surface area (Å²) < 4.78 is 5.30. The van der Waals surface area contributed by atoms with Gasteiger partial charge in [0.15, 0.2) is 0 Å². The van der Waals surface area contributed by atoms with Gasteiger partial charge < -0.3 is 15.0 Å². The first kappa shape index (κ1) is 12.9. The second-order valence-electron chi connectivity index (χ2n) is 5.01. The van der Waals surface area contributed by atoms with Crippen molar-refractivity contribution in [2.24, 2.45) is 5.92 Å². The monoisotopic (exact) mass is 214 g/mol. The molecule has 1 rings (SSSR count).